The van der Waals surface area contributed by atoms with Gasteiger partial charge in [-0.15, -0.1) is 0 Å². The first-order valence-corrected chi connectivity index (χ1v) is 14.2. The van der Waals surface area contributed by atoms with E-state index in [9.17, 15) is 17.4 Å². The molecule has 0 spiro atoms. The van der Waals surface area contributed by atoms with Crippen LogP contribution in [0.15, 0.2) is 52.3 Å². The summed E-state index contributed by atoms with van der Waals surface area (Å²) in [7, 11) is -3.31. The van der Waals surface area contributed by atoms with E-state index in [2.05, 4.69) is 16.5 Å². The van der Waals surface area contributed by atoms with Crippen LogP contribution >= 0.6 is 0 Å². The molecule has 11 nitrogen and oxygen atoms in total. The van der Waals surface area contributed by atoms with Crippen molar-refractivity contribution in [1.82, 2.24) is 13.9 Å². The number of hydrogen-bond donors (Lipinski definition) is 1. The zero-order valence-corrected chi connectivity index (χ0v) is 23.8. The van der Waals surface area contributed by atoms with Gasteiger partial charge in [0.2, 0.25) is 5.16 Å². The van der Waals surface area contributed by atoms with Crippen LogP contribution in [0, 0.1) is 13.8 Å². The number of carboxylic acids is 1. The Hall–Kier alpha value is -3.97. The number of hydrogen-bond acceptors (Lipinski definition) is 9. The molecule has 0 saturated heterocycles. The van der Waals surface area contributed by atoms with Crippen molar-refractivity contribution in [2.75, 3.05) is 20.8 Å². The molecule has 0 aliphatic carbocycles. The highest BCUT2D eigenvalue weighted by atomic mass is 32.2. The van der Waals surface area contributed by atoms with E-state index in [0.29, 0.717) is 22.8 Å². The lowest BCUT2D eigenvalue weighted by atomic mass is 10.1. The summed E-state index contributed by atoms with van der Waals surface area (Å²) in [5.41, 5.74) is 1.96. The smallest absolute Gasteiger partial charge is 0.341 e. The van der Waals surface area contributed by atoms with Crippen LogP contribution in [0.2, 0.25) is 0 Å². The van der Waals surface area contributed by atoms with Crippen molar-refractivity contribution >= 4 is 39.4 Å². The molecule has 0 bridgehead atoms. The van der Waals surface area contributed by atoms with E-state index in [0.717, 1.165) is 9.54 Å². The summed E-state index contributed by atoms with van der Waals surface area (Å²) in [4.78, 5) is 19.3. The van der Waals surface area contributed by atoms with Gasteiger partial charge in [-0.1, -0.05) is 6.58 Å². The number of allylic oxidation sites excluding steroid dienone is 2. The van der Waals surface area contributed by atoms with Gasteiger partial charge < -0.3 is 19.3 Å². The molecule has 39 heavy (non-hydrogen) atoms. The van der Waals surface area contributed by atoms with Crippen LogP contribution in [0.25, 0.3) is 12.7 Å². The Morgan fingerprint density at radius 1 is 1.21 bits per heavy atom. The Kier molecular flexibility index (Phi) is 9.30. The Morgan fingerprint density at radius 2 is 1.87 bits per heavy atom. The maximum absolute atomic E-state index is 13.9. The number of aryl methyl sites for hydroxylation is 1. The number of ether oxygens (including phenoxy) is 3. The van der Waals surface area contributed by atoms with Crippen LogP contribution in [-0.4, -0.2) is 58.5 Å². The summed E-state index contributed by atoms with van der Waals surface area (Å²) in [5, 5.41) is 8.75. The zero-order chi connectivity index (χ0) is 28.9. The van der Waals surface area contributed by atoms with Crippen LogP contribution in [0.4, 0.5) is 0 Å². The molecule has 0 saturated carbocycles. The summed E-state index contributed by atoms with van der Waals surface area (Å²) >= 11 is 0. The molecule has 0 fully saturated rings. The second kappa shape index (κ2) is 12.3. The minimum atomic E-state index is -4.35. The topological polar surface area (TPSA) is 147 Å². The normalized spacial score (nSPS) is 13.3. The fourth-order valence-corrected chi connectivity index (χ4v) is 6.68. The molecule has 1 aromatic carbocycles. The number of imidazole rings is 1. The number of nitrogens with zero attached hydrogens (tertiary/aromatic N) is 3. The maximum Gasteiger partial charge on any atom is 0.341 e. The molecule has 2 heterocycles. The van der Waals surface area contributed by atoms with E-state index in [1.54, 1.807) is 26.1 Å². The van der Waals surface area contributed by atoms with Crippen molar-refractivity contribution in [3.05, 3.63) is 69.8 Å². The predicted octanol–water partition coefficient (Wildman–Crippen LogP) is 1.65. The molecule has 13 heteroatoms. The average molecular weight is 576 g/mol. The number of carbonyl (C=O) groups is 1. The number of carboxylic acid groups (broad SMARTS) is 1. The first-order chi connectivity index (χ1) is 18.4. The number of methoxy groups -OCH3 is 2. The lowest BCUT2D eigenvalue weighted by molar-refractivity contribution is -0.139. The Morgan fingerprint density at radius 3 is 2.46 bits per heavy atom. The molecular formula is C26H29N3O8S2. The van der Waals surface area contributed by atoms with Crippen molar-refractivity contribution in [2.24, 2.45) is 0 Å². The molecule has 1 atom stereocenters. The number of rotatable bonds is 11. The third kappa shape index (κ3) is 6.55. The standard InChI is InChI=1S/C26H29N3O8S2/c1-16-13-27-22(18(3)25(16)36-6)15-38(32)26-28-19(4)23(12-7-17(2)35-5)29(26)39(33,34)21-10-8-20(9-11-21)37-14-24(30)31/h7-13H,4,14-15H2,1-3,5-6H3,(H,30,31)/b17-7+,23-12+. The molecule has 0 aliphatic rings. The summed E-state index contributed by atoms with van der Waals surface area (Å²) in [6.45, 7) is 8.59. The van der Waals surface area contributed by atoms with Gasteiger partial charge in [0.15, 0.2) is 6.61 Å². The second-order valence-corrected chi connectivity index (χ2v) is 11.5. The van der Waals surface area contributed by atoms with Gasteiger partial charge in [-0.3, -0.25) is 9.19 Å². The Bertz CT molecular complexity index is 1660. The average Bonchev–Trinajstić information content (AvgIpc) is 3.25. The Labute approximate surface area is 228 Å². The third-order valence-electron chi connectivity index (χ3n) is 5.66. The van der Waals surface area contributed by atoms with E-state index in [1.807, 2.05) is 6.92 Å². The van der Waals surface area contributed by atoms with Crippen molar-refractivity contribution in [2.45, 2.75) is 36.6 Å². The van der Waals surface area contributed by atoms with Crippen molar-refractivity contribution < 1.29 is 36.7 Å². The van der Waals surface area contributed by atoms with Gasteiger partial charge in [-0.05, 0) is 57.2 Å². The second-order valence-electron chi connectivity index (χ2n) is 8.33. The highest BCUT2D eigenvalue weighted by Gasteiger charge is 2.27. The lowest BCUT2D eigenvalue weighted by Gasteiger charge is -2.13. The summed E-state index contributed by atoms with van der Waals surface area (Å²) < 4.78 is 57.9. The molecule has 0 radical (unpaired) electrons. The molecular weight excluding hydrogens is 546 g/mol. The summed E-state index contributed by atoms with van der Waals surface area (Å²) in [6.07, 6.45) is 4.61. The zero-order valence-electron chi connectivity index (χ0n) is 22.1. The molecule has 0 aliphatic heterocycles. The molecule has 1 unspecified atom stereocenters. The van der Waals surface area contributed by atoms with E-state index in [-0.39, 0.29) is 32.3 Å². The van der Waals surface area contributed by atoms with E-state index < -0.39 is 33.4 Å². The van der Waals surface area contributed by atoms with Gasteiger partial charge in [-0.25, -0.2) is 22.2 Å². The highest BCUT2D eigenvalue weighted by Crippen LogP contribution is 2.26. The summed E-state index contributed by atoms with van der Waals surface area (Å²) in [6, 6.07) is 5.19. The van der Waals surface area contributed by atoms with E-state index in [4.69, 9.17) is 19.3 Å². The van der Waals surface area contributed by atoms with Crippen LogP contribution in [0.5, 0.6) is 11.5 Å². The molecule has 3 rings (SSSR count). The number of benzene rings is 1. The Balaban J connectivity index is 2.17. The largest absolute Gasteiger partial charge is 0.501 e. The molecule has 208 valence electrons. The van der Waals surface area contributed by atoms with Crippen molar-refractivity contribution in [3.8, 4) is 11.5 Å². The predicted molar refractivity (Wildman–Crippen MR) is 145 cm³/mol. The van der Waals surface area contributed by atoms with Crippen LogP contribution in [0.1, 0.15) is 23.7 Å². The minimum Gasteiger partial charge on any atom is -0.501 e. The van der Waals surface area contributed by atoms with Gasteiger partial charge in [0.05, 0.1) is 57.8 Å². The fraction of sp³-hybridized carbons (Fsp3) is 0.269. The highest BCUT2D eigenvalue weighted by molar-refractivity contribution is 7.91. The van der Waals surface area contributed by atoms with Gasteiger partial charge in [0, 0.05) is 17.3 Å². The van der Waals surface area contributed by atoms with Crippen molar-refractivity contribution in [1.29, 1.82) is 0 Å². The minimum absolute atomic E-state index is 0.0899. The number of aliphatic carboxylic acids is 1. The molecule has 1 N–H and O–H groups in total. The molecule has 0 amide bonds. The van der Waals surface area contributed by atoms with Gasteiger partial charge in [0.25, 0.3) is 10.0 Å². The van der Waals surface area contributed by atoms with Gasteiger partial charge in [-0.2, -0.15) is 0 Å². The van der Waals surface area contributed by atoms with Gasteiger partial charge >= 0.3 is 5.97 Å². The van der Waals surface area contributed by atoms with Crippen LogP contribution in [0.3, 0.4) is 0 Å². The first kappa shape index (κ1) is 29.6. The van der Waals surface area contributed by atoms with Crippen LogP contribution < -0.4 is 20.2 Å². The van der Waals surface area contributed by atoms with E-state index >= 15 is 0 Å². The number of pyridine rings is 1. The lowest BCUT2D eigenvalue weighted by Crippen LogP contribution is -2.33. The quantitative estimate of drug-likeness (QED) is 0.335. The third-order valence-corrected chi connectivity index (χ3v) is 8.71. The van der Waals surface area contributed by atoms with Crippen molar-refractivity contribution in [3.63, 3.8) is 0 Å². The fourth-order valence-electron chi connectivity index (χ4n) is 3.61. The number of aromatic nitrogens is 3. The SMILES string of the molecule is C=c1nc(S(=O)Cc2ncc(C)c(OC)c2C)n(S(=O)(=O)c2ccc(OCC(=O)O)cc2)/c1=C/C=C(\C)OC. The monoisotopic (exact) mass is 575 g/mol. The summed E-state index contributed by atoms with van der Waals surface area (Å²) in [5.74, 6) is -0.0263. The molecule has 2 aromatic heterocycles. The van der Waals surface area contributed by atoms with Gasteiger partial charge in [0.1, 0.15) is 11.5 Å². The van der Waals surface area contributed by atoms with E-state index in [1.165, 1.54) is 44.6 Å². The first-order valence-electron chi connectivity index (χ1n) is 11.5. The molecule has 3 aromatic rings. The maximum atomic E-state index is 13.9. The van der Waals surface area contributed by atoms with Crippen LogP contribution in [-0.2, 0) is 36.1 Å².